The minimum atomic E-state index is -0.589. The quantitative estimate of drug-likeness (QED) is 0.641. The number of carbonyl (C=O) groups is 2. The van der Waals surface area contributed by atoms with Gasteiger partial charge in [-0.05, 0) is 42.0 Å². The molecule has 0 spiro atoms. The molecule has 3 aromatic rings. The van der Waals surface area contributed by atoms with E-state index < -0.39 is 5.92 Å². The Labute approximate surface area is 167 Å². The number of halogens is 1. The maximum Gasteiger partial charge on any atom is 0.232 e. The highest BCUT2D eigenvalue weighted by atomic mass is 35.5. The van der Waals surface area contributed by atoms with Crippen LogP contribution in [-0.4, -0.2) is 11.8 Å². The Morgan fingerprint density at radius 1 is 1.04 bits per heavy atom. The molecular weight excluding hydrogens is 376 g/mol. The number of hydrogen-bond donors (Lipinski definition) is 2. The lowest BCUT2D eigenvalue weighted by Crippen LogP contribution is -2.30. The number of ether oxygens (including phenoxy) is 1. The van der Waals surface area contributed by atoms with Crippen LogP contribution in [0.3, 0.4) is 0 Å². The molecule has 0 bridgehead atoms. The van der Waals surface area contributed by atoms with Crippen LogP contribution in [0.15, 0.2) is 72.8 Å². The standard InChI is InChI=1S/C22H17ClN2O3/c23-14-10-11-20(28-15-6-2-1-3-7-15)19(12-14)25-22(27)17-13-21(26)24-18-9-5-4-8-16(17)18/h1-12,17H,13H2,(H,24,26)(H,25,27). The first-order valence-corrected chi connectivity index (χ1v) is 9.20. The number of para-hydroxylation sites is 2. The topological polar surface area (TPSA) is 67.4 Å². The zero-order valence-electron chi connectivity index (χ0n) is 14.8. The number of carbonyl (C=O) groups excluding carboxylic acids is 2. The van der Waals surface area contributed by atoms with Gasteiger partial charge in [-0.25, -0.2) is 0 Å². The van der Waals surface area contributed by atoms with E-state index in [1.54, 1.807) is 24.3 Å². The number of nitrogens with one attached hydrogen (secondary N) is 2. The highest BCUT2D eigenvalue weighted by molar-refractivity contribution is 6.31. The monoisotopic (exact) mass is 392 g/mol. The van der Waals surface area contributed by atoms with Crippen molar-refractivity contribution in [1.29, 1.82) is 0 Å². The van der Waals surface area contributed by atoms with Gasteiger partial charge in [0.1, 0.15) is 5.75 Å². The Balaban J connectivity index is 1.61. The molecule has 1 unspecified atom stereocenters. The second kappa shape index (κ2) is 7.74. The largest absolute Gasteiger partial charge is 0.455 e. The van der Waals surface area contributed by atoms with Crippen molar-refractivity contribution in [1.82, 2.24) is 0 Å². The highest BCUT2D eigenvalue weighted by Gasteiger charge is 2.30. The van der Waals surface area contributed by atoms with E-state index in [4.69, 9.17) is 16.3 Å². The number of hydrogen-bond acceptors (Lipinski definition) is 3. The van der Waals surface area contributed by atoms with Gasteiger partial charge in [-0.15, -0.1) is 0 Å². The Morgan fingerprint density at radius 2 is 1.79 bits per heavy atom. The van der Waals surface area contributed by atoms with Crippen LogP contribution in [0.4, 0.5) is 11.4 Å². The molecule has 2 amide bonds. The van der Waals surface area contributed by atoms with Crippen molar-refractivity contribution >= 4 is 34.8 Å². The van der Waals surface area contributed by atoms with Crippen LogP contribution in [-0.2, 0) is 9.59 Å². The normalized spacial score (nSPS) is 15.3. The summed E-state index contributed by atoms with van der Waals surface area (Å²) < 4.78 is 5.89. The van der Waals surface area contributed by atoms with Crippen LogP contribution in [0.25, 0.3) is 0 Å². The zero-order chi connectivity index (χ0) is 19.5. The fourth-order valence-corrected chi connectivity index (χ4v) is 3.34. The molecule has 1 atom stereocenters. The second-order valence-corrected chi connectivity index (χ2v) is 6.87. The van der Waals surface area contributed by atoms with Crippen LogP contribution in [0.5, 0.6) is 11.5 Å². The lowest BCUT2D eigenvalue weighted by Gasteiger charge is -2.25. The summed E-state index contributed by atoms with van der Waals surface area (Å²) in [7, 11) is 0. The van der Waals surface area contributed by atoms with Crippen molar-refractivity contribution in [3.05, 3.63) is 83.4 Å². The maximum atomic E-state index is 13.0. The molecule has 2 N–H and O–H groups in total. The molecule has 0 saturated carbocycles. The summed E-state index contributed by atoms with van der Waals surface area (Å²) in [5.41, 5.74) is 1.89. The number of rotatable bonds is 4. The molecule has 1 heterocycles. The first-order valence-electron chi connectivity index (χ1n) is 8.82. The van der Waals surface area contributed by atoms with Crippen molar-refractivity contribution in [3.63, 3.8) is 0 Å². The molecule has 6 heteroatoms. The minimum absolute atomic E-state index is 0.0816. The van der Waals surface area contributed by atoms with E-state index >= 15 is 0 Å². The molecule has 0 aromatic heterocycles. The van der Waals surface area contributed by atoms with Gasteiger partial charge < -0.3 is 15.4 Å². The third kappa shape index (κ3) is 3.85. The Morgan fingerprint density at radius 3 is 2.61 bits per heavy atom. The van der Waals surface area contributed by atoms with Crippen molar-refractivity contribution in [3.8, 4) is 11.5 Å². The molecule has 0 aliphatic carbocycles. The fraction of sp³-hybridized carbons (Fsp3) is 0.0909. The Bertz CT molecular complexity index is 1040. The summed E-state index contributed by atoms with van der Waals surface area (Å²) in [6.45, 7) is 0. The van der Waals surface area contributed by atoms with Crippen LogP contribution in [0, 0.1) is 0 Å². The lowest BCUT2D eigenvalue weighted by molar-refractivity contribution is -0.123. The summed E-state index contributed by atoms with van der Waals surface area (Å²) in [5.74, 6) is 0.0434. The van der Waals surface area contributed by atoms with Crippen LogP contribution in [0.2, 0.25) is 5.02 Å². The smallest absolute Gasteiger partial charge is 0.232 e. The molecule has 3 aromatic carbocycles. The number of anilines is 2. The molecule has 1 aliphatic heterocycles. The summed E-state index contributed by atoms with van der Waals surface area (Å²) in [6.07, 6.45) is 0.0816. The zero-order valence-corrected chi connectivity index (χ0v) is 15.6. The molecular formula is C22H17ClN2O3. The first kappa shape index (κ1) is 18.1. The van der Waals surface area contributed by atoms with E-state index in [2.05, 4.69) is 10.6 Å². The predicted octanol–water partition coefficient (Wildman–Crippen LogP) is 5.20. The van der Waals surface area contributed by atoms with Crippen LogP contribution in [0.1, 0.15) is 17.9 Å². The van der Waals surface area contributed by atoms with Gasteiger partial charge in [0, 0.05) is 17.1 Å². The van der Waals surface area contributed by atoms with E-state index in [0.717, 1.165) is 5.56 Å². The van der Waals surface area contributed by atoms with Gasteiger partial charge in [0.15, 0.2) is 5.75 Å². The molecule has 0 saturated heterocycles. The summed E-state index contributed by atoms with van der Waals surface area (Å²) in [6, 6.07) is 21.6. The molecule has 0 radical (unpaired) electrons. The average Bonchev–Trinajstić information content (AvgIpc) is 2.70. The van der Waals surface area contributed by atoms with Gasteiger partial charge in [0.2, 0.25) is 11.8 Å². The minimum Gasteiger partial charge on any atom is -0.455 e. The maximum absolute atomic E-state index is 13.0. The van der Waals surface area contributed by atoms with Gasteiger partial charge in [0.05, 0.1) is 11.6 Å². The Hall–Kier alpha value is -3.31. The van der Waals surface area contributed by atoms with Crippen LogP contribution >= 0.6 is 11.6 Å². The fourth-order valence-electron chi connectivity index (χ4n) is 3.17. The van der Waals surface area contributed by atoms with Crippen LogP contribution < -0.4 is 15.4 Å². The summed E-state index contributed by atoms with van der Waals surface area (Å²) in [5, 5.41) is 6.14. The third-order valence-corrected chi connectivity index (χ3v) is 4.72. The van der Waals surface area contributed by atoms with Gasteiger partial charge in [0.25, 0.3) is 0 Å². The molecule has 0 fully saturated rings. The predicted molar refractivity (Wildman–Crippen MR) is 109 cm³/mol. The number of benzene rings is 3. The SMILES string of the molecule is O=C1CC(C(=O)Nc2cc(Cl)ccc2Oc2ccccc2)c2ccccc2N1. The van der Waals surface area contributed by atoms with Gasteiger partial charge in [-0.2, -0.15) is 0 Å². The van der Waals surface area contributed by atoms with Crippen molar-refractivity contribution in [2.45, 2.75) is 12.3 Å². The molecule has 4 rings (SSSR count). The van der Waals surface area contributed by atoms with E-state index in [-0.39, 0.29) is 18.2 Å². The van der Waals surface area contributed by atoms with E-state index in [1.165, 1.54) is 0 Å². The first-order chi connectivity index (χ1) is 13.6. The number of amides is 2. The molecule has 5 nitrogen and oxygen atoms in total. The Kier molecular flexibility index (Phi) is 5.00. The van der Waals surface area contributed by atoms with Crippen molar-refractivity contribution < 1.29 is 14.3 Å². The van der Waals surface area contributed by atoms with E-state index in [0.29, 0.717) is 27.9 Å². The lowest BCUT2D eigenvalue weighted by atomic mass is 9.90. The van der Waals surface area contributed by atoms with E-state index in [1.807, 2.05) is 48.5 Å². The van der Waals surface area contributed by atoms with Gasteiger partial charge in [-0.3, -0.25) is 9.59 Å². The van der Waals surface area contributed by atoms with Crippen molar-refractivity contribution in [2.75, 3.05) is 10.6 Å². The number of fused-ring (bicyclic) bond motifs is 1. The van der Waals surface area contributed by atoms with Gasteiger partial charge in [-0.1, -0.05) is 48.0 Å². The molecule has 1 aliphatic rings. The van der Waals surface area contributed by atoms with Crippen molar-refractivity contribution in [2.24, 2.45) is 0 Å². The molecule has 140 valence electrons. The average molecular weight is 393 g/mol. The highest BCUT2D eigenvalue weighted by Crippen LogP contribution is 2.36. The van der Waals surface area contributed by atoms with Gasteiger partial charge >= 0.3 is 0 Å². The van der Waals surface area contributed by atoms with E-state index in [9.17, 15) is 9.59 Å². The second-order valence-electron chi connectivity index (χ2n) is 6.44. The third-order valence-electron chi connectivity index (χ3n) is 4.49. The summed E-state index contributed by atoms with van der Waals surface area (Å²) in [4.78, 5) is 25.0. The summed E-state index contributed by atoms with van der Waals surface area (Å²) >= 11 is 6.12. The molecule has 28 heavy (non-hydrogen) atoms.